The van der Waals surface area contributed by atoms with Gasteiger partial charge < -0.3 is 4.90 Å². The van der Waals surface area contributed by atoms with Crippen LogP contribution in [-0.2, 0) is 17.6 Å². The normalized spacial score (nSPS) is 14.5. The molecule has 1 aliphatic rings. The van der Waals surface area contributed by atoms with Gasteiger partial charge in [-0.2, -0.15) is 0 Å². The van der Waals surface area contributed by atoms with Crippen LogP contribution in [0.3, 0.4) is 0 Å². The van der Waals surface area contributed by atoms with Gasteiger partial charge in [-0.3, -0.25) is 4.79 Å². The number of aryl methyl sites for hydroxylation is 2. The molecule has 80 valence electrons. The Kier molecular flexibility index (Phi) is 2.76. The first-order valence-corrected chi connectivity index (χ1v) is 5.54. The second-order valence-electron chi connectivity index (χ2n) is 4.24. The third kappa shape index (κ3) is 2.04. The SMILES string of the molecule is CC(=O)N(C)c1ccc2c(c1)CCCC2. The molecular weight excluding hydrogens is 186 g/mol. The van der Waals surface area contributed by atoms with Crippen molar-refractivity contribution in [2.24, 2.45) is 0 Å². The third-order valence-corrected chi connectivity index (χ3v) is 3.19. The van der Waals surface area contributed by atoms with E-state index in [0.29, 0.717) is 0 Å². The van der Waals surface area contributed by atoms with Crippen LogP contribution in [0.5, 0.6) is 0 Å². The first kappa shape index (κ1) is 10.2. The lowest BCUT2D eigenvalue weighted by atomic mass is 9.91. The second kappa shape index (κ2) is 4.05. The van der Waals surface area contributed by atoms with Gasteiger partial charge in [0.15, 0.2) is 0 Å². The molecule has 15 heavy (non-hydrogen) atoms. The fraction of sp³-hybridized carbons (Fsp3) is 0.462. The molecule has 0 saturated carbocycles. The number of carbonyl (C=O) groups excluding carboxylic acids is 1. The fourth-order valence-corrected chi connectivity index (χ4v) is 2.11. The Labute approximate surface area is 90.9 Å². The Balaban J connectivity index is 2.31. The fourth-order valence-electron chi connectivity index (χ4n) is 2.11. The Morgan fingerprint density at radius 3 is 2.53 bits per heavy atom. The van der Waals surface area contributed by atoms with Gasteiger partial charge in [-0.1, -0.05) is 6.07 Å². The van der Waals surface area contributed by atoms with Crippen LogP contribution in [0.25, 0.3) is 0 Å². The Bertz CT molecular complexity index is 384. The molecule has 0 spiro atoms. The highest BCUT2D eigenvalue weighted by Crippen LogP contribution is 2.25. The van der Waals surface area contributed by atoms with Crippen LogP contribution in [0.1, 0.15) is 30.9 Å². The van der Waals surface area contributed by atoms with Crippen molar-refractivity contribution in [3.05, 3.63) is 29.3 Å². The van der Waals surface area contributed by atoms with Gasteiger partial charge in [0.1, 0.15) is 0 Å². The second-order valence-corrected chi connectivity index (χ2v) is 4.24. The Hall–Kier alpha value is -1.31. The number of nitrogens with zero attached hydrogens (tertiary/aromatic N) is 1. The van der Waals surface area contributed by atoms with Gasteiger partial charge in [0.2, 0.25) is 5.91 Å². The average molecular weight is 203 g/mol. The smallest absolute Gasteiger partial charge is 0.223 e. The van der Waals surface area contributed by atoms with E-state index < -0.39 is 0 Å². The number of fused-ring (bicyclic) bond motifs is 1. The third-order valence-electron chi connectivity index (χ3n) is 3.19. The Morgan fingerprint density at radius 1 is 1.20 bits per heavy atom. The van der Waals surface area contributed by atoms with E-state index in [1.54, 1.807) is 11.8 Å². The minimum atomic E-state index is 0.0887. The standard InChI is InChI=1S/C13H17NO/c1-10(15)14(2)13-8-7-11-5-3-4-6-12(11)9-13/h7-9H,3-6H2,1-2H3. The van der Waals surface area contributed by atoms with E-state index in [1.807, 2.05) is 13.1 Å². The molecule has 0 heterocycles. The zero-order valence-electron chi connectivity index (χ0n) is 9.42. The van der Waals surface area contributed by atoms with Crippen LogP contribution in [0.2, 0.25) is 0 Å². The molecule has 2 nitrogen and oxygen atoms in total. The van der Waals surface area contributed by atoms with Crippen LogP contribution in [0, 0.1) is 0 Å². The number of amides is 1. The summed E-state index contributed by atoms with van der Waals surface area (Å²) >= 11 is 0. The van der Waals surface area contributed by atoms with Gasteiger partial charge in [-0.25, -0.2) is 0 Å². The molecule has 1 aromatic carbocycles. The maximum absolute atomic E-state index is 11.2. The van der Waals surface area contributed by atoms with E-state index in [9.17, 15) is 4.79 Å². The van der Waals surface area contributed by atoms with Crippen LogP contribution in [0.4, 0.5) is 5.69 Å². The van der Waals surface area contributed by atoms with Crippen LogP contribution < -0.4 is 4.90 Å². The molecule has 0 aromatic heterocycles. The molecule has 1 amide bonds. The molecule has 0 atom stereocenters. The summed E-state index contributed by atoms with van der Waals surface area (Å²) < 4.78 is 0. The number of anilines is 1. The molecule has 0 N–H and O–H groups in total. The van der Waals surface area contributed by atoms with E-state index >= 15 is 0 Å². The van der Waals surface area contributed by atoms with Crippen LogP contribution in [0.15, 0.2) is 18.2 Å². The minimum Gasteiger partial charge on any atom is -0.316 e. The zero-order valence-corrected chi connectivity index (χ0v) is 9.42. The van der Waals surface area contributed by atoms with E-state index in [4.69, 9.17) is 0 Å². The lowest BCUT2D eigenvalue weighted by molar-refractivity contribution is -0.116. The minimum absolute atomic E-state index is 0.0887. The number of hydrogen-bond donors (Lipinski definition) is 0. The monoisotopic (exact) mass is 203 g/mol. The highest BCUT2D eigenvalue weighted by atomic mass is 16.2. The van der Waals surface area contributed by atoms with Gasteiger partial charge in [0, 0.05) is 19.7 Å². The first-order valence-electron chi connectivity index (χ1n) is 5.54. The first-order chi connectivity index (χ1) is 7.18. The van der Waals surface area contributed by atoms with Crippen molar-refractivity contribution in [2.45, 2.75) is 32.6 Å². The molecule has 2 heteroatoms. The number of carbonyl (C=O) groups is 1. The van der Waals surface area contributed by atoms with Gasteiger partial charge in [-0.05, 0) is 48.9 Å². The van der Waals surface area contributed by atoms with Gasteiger partial charge in [-0.15, -0.1) is 0 Å². The predicted molar refractivity (Wildman–Crippen MR) is 62.2 cm³/mol. The predicted octanol–water partition coefficient (Wildman–Crippen LogP) is 2.55. The topological polar surface area (TPSA) is 20.3 Å². The van der Waals surface area contributed by atoms with Crippen molar-refractivity contribution in [3.8, 4) is 0 Å². The molecule has 0 bridgehead atoms. The largest absolute Gasteiger partial charge is 0.316 e. The van der Waals surface area contributed by atoms with E-state index in [0.717, 1.165) is 12.1 Å². The summed E-state index contributed by atoms with van der Waals surface area (Å²) in [5, 5.41) is 0. The summed E-state index contributed by atoms with van der Waals surface area (Å²) in [4.78, 5) is 12.9. The van der Waals surface area contributed by atoms with Gasteiger partial charge in [0.25, 0.3) is 0 Å². The van der Waals surface area contributed by atoms with Crippen molar-refractivity contribution in [1.29, 1.82) is 0 Å². The molecule has 2 rings (SSSR count). The van der Waals surface area contributed by atoms with E-state index in [2.05, 4.69) is 12.1 Å². The summed E-state index contributed by atoms with van der Waals surface area (Å²) in [6.45, 7) is 1.60. The van der Waals surface area contributed by atoms with Crippen molar-refractivity contribution in [1.82, 2.24) is 0 Å². The summed E-state index contributed by atoms with van der Waals surface area (Å²) in [5.41, 5.74) is 3.90. The molecule has 0 fully saturated rings. The lowest BCUT2D eigenvalue weighted by Crippen LogP contribution is -2.23. The summed E-state index contributed by atoms with van der Waals surface area (Å²) in [6, 6.07) is 6.38. The summed E-state index contributed by atoms with van der Waals surface area (Å²) in [6.07, 6.45) is 4.93. The number of hydrogen-bond acceptors (Lipinski definition) is 1. The Morgan fingerprint density at radius 2 is 1.87 bits per heavy atom. The van der Waals surface area contributed by atoms with Crippen LogP contribution in [-0.4, -0.2) is 13.0 Å². The van der Waals surface area contributed by atoms with Gasteiger partial charge >= 0.3 is 0 Å². The number of rotatable bonds is 1. The quantitative estimate of drug-likeness (QED) is 0.687. The molecule has 0 aliphatic heterocycles. The highest BCUT2D eigenvalue weighted by molar-refractivity contribution is 5.90. The summed E-state index contributed by atoms with van der Waals surface area (Å²) in [5.74, 6) is 0.0887. The molecule has 1 aliphatic carbocycles. The number of benzene rings is 1. The summed E-state index contributed by atoms with van der Waals surface area (Å²) in [7, 11) is 1.83. The molecule has 1 aromatic rings. The van der Waals surface area contributed by atoms with E-state index in [1.165, 1.54) is 30.4 Å². The molecule has 0 radical (unpaired) electrons. The average Bonchev–Trinajstić information content (AvgIpc) is 2.27. The molecule has 0 unspecified atom stereocenters. The molecule has 0 saturated heterocycles. The maximum Gasteiger partial charge on any atom is 0.223 e. The van der Waals surface area contributed by atoms with Crippen molar-refractivity contribution < 1.29 is 4.79 Å². The zero-order chi connectivity index (χ0) is 10.8. The van der Waals surface area contributed by atoms with Crippen LogP contribution >= 0.6 is 0 Å². The maximum atomic E-state index is 11.2. The molecular formula is C13H17NO. The van der Waals surface area contributed by atoms with E-state index in [-0.39, 0.29) is 5.91 Å². The highest BCUT2D eigenvalue weighted by Gasteiger charge is 2.12. The van der Waals surface area contributed by atoms with Gasteiger partial charge in [0.05, 0.1) is 0 Å². The van der Waals surface area contributed by atoms with Crippen molar-refractivity contribution in [3.63, 3.8) is 0 Å². The lowest BCUT2D eigenvalue weighted by Gasteiger charge is -2.20. The van der Waals surface area contributed by atoms with Crippen molar-refractivity contribution in [2.75, 3.05) is 11.9 Å². The van der Waals surface area contributed by atoms with Crippen molar-refractivity contribution >= 4 is 11.6 Å².